The van der Waals surface area contributed by atoms with Gasteiger partial charge in [0.1, 0.15) is 0 Å². The second-order valence-electron chi connectivity index (χ2n) is 5.65. The number of halogens is 1. The van der Waals surface area contributed by atoms with E-state index in [1.165, 1.54) is 29.0 Å². The molecule has 0 N–H and O–H groups in total. The SMILES string of the molecule is CC(=O)OCCCn1cc(C2=CCOCC2)c2ccc(Br)cc21. The Bertz CT molecular complexity index is 748. The second kappa shape index (κ2) is 7.32. The molecule has 0 amide bonds. The van der Waals surface area contributed by atoms with Crippen molar-refractivity contribution in [2.75, 3.05) is 19.8 Å². The number of rotatable bonds is 5. The molecule has 5 heteroatoms. The van der Waals surface area contributed by atoms with Crippen LogP contribution in [0.4, 0.5) is 0 Å². The summed E-state index contributed by atoms with van der Waals surface area (Å²) in [5.74, 6) is -0.224. The highest BCUT2D eigenvalue weighted by Crippen LogP contribution is 2.32. The van der Waals surface area contributed by atoms with E-state index in [0.717, 1.165) is 30.5 Å². The van der Waals surface area contributed by atoms with Crippen molar-refractivity contribution in [3.63, 3.8) is 0 Å². The van der Waals surface area contributed by atoms with Crippen molar-refractivity contribution in [3.05, 3.63) is 40.5 Å². The summed E-state index contributed by atoms with van der Waals surface area (Å²) in [7, 11) is 0. The van der Waals surface area contributed by atoms with E-state index < -0.39 is 0 Å². The van der Waals surface area contributed by atoms with Gasteiger partial charge in [-0.2, -0.15) is 0 Å². The summed E-state index contributed by atoms with van der Waals surface area (Å²) in [6, 6.07) is 6.38. The Morgan fingerprint density at radius 3 is 3.04 bits per heavy atom. The Balaban J connectivity index is 1.89. The minimum absolute atomic E-state index is 0.224. The molecule has 0 saturated heterocycles. The predicted octanol–water partition coefficient (Wildman–Crippen LogP) is 4.16. The van der Waals surface area contributed by atoms with Crippen molar-refractivity contribution in [3.8, 4) is 0 Å². The first-order chi connectivity index (χ1) is 11.1. The molecule has 0 aliphatic carbocycles. The molecule has 122 valence electrons. The molecule has 1 aliphatic heterocycles. The van der Waals surface area contributed by atoms with Crippen LogP contribution < -0.4 is 0 Å². The summed E-state index contributed by atoms with van der Waals surface area (Å²) in [6.07, 6.45) is 6.13. The fourth-order valence-electron chi connectivity index (χ4n) is 2.93. The van der Waals surface area contributed by atoms with E-state index in [4.69, 9.17) is 9.47 Å². The minimum atomic E-state index is -0.224. The largest absolute Gasteiger partial charge is 0.466 e. The van der Waals surface area contributed by atoms with Crippen LogP contribution in [-0.4, -0.2) is 30.4 Å². The number of hydrogen-bond donors (Lipinski definition) is 0. The number of nitrogens with zero attached hydrogens (tertiary/aromatic N) is 1. The maximum Gasteiger partial charge on any atom is 0.302 e. The van der Waals surface area contributed by atoms with E-state index in [-0.39, 0.29) is 5.97 Å². The van der Waals surface area contributed by atoms with E-state index in [1.54, 1.807) is 0 Å². The fourth-order valence-corrected chi connectivity index (χ4v) is 3.28. The lowest BCUT2D eigenvalue weighted by molar-refractivity contribution is -0.141. The van der Waals surface area contributed by atoms with Crippen molar-refractivity contribution in [1.29, 1.82) is 0 Å². The van der Waals surface area contributed by atoms with Gasteiger partial charge in [0.2, 0.25) is 0 Å². The van der Waals surface area contributed by atoms with Gasteiger partial charge in [0.25, 0.3) is 0 Å². The number of esters is 1. The molecule has 4 nitrogen and oxygen atoms in total. The highest BCUT2D eigenvalue weighted by atomic mass is 79.9. The second-order valence-corrected chi connectivity index (χ2v) is 6.56. The number of hydrogen-bond acceptors (Lipinski definition) is 3. The Hall–Kier alpha value is -1.59. The van der Waals surface area contributed by atoms with E-state index in [1.807, 2.05) is 0 Å². The summed E-state index contributed by atoms with van der Waals surface area (Å²) >= 11 is 3.56. The number of carbonyl (C=O) groups is 1. The number of ether oxygens (including phenoxy) is 2. The zero-order valence-corrected chi connectivity index (χ0v) is 14.8. The molecule has 0 saturated carbocycles. The van der Waals surface area contributed by atoms with Gasteiger partial charge in [-0.3, -0.25) is 4.79 Å². The van der Waals surface area contributed by atoms with Crippen molar-refractivity contribution in [2.45, 2.75) is 26.3 Å². The molecule has 1 aromatic carbocycles. The molecule has 0 atom stereocenters. The topological polar surface area (TPSA) is 40.5 Å². The number of fused-ring (bicyclic) bond motifs is 1. The maximum absolute atomic E-state index is 10.9. The normalized spacial score (nSPS) is 14.8. The van der Waals surface area contributed by atoms with Gasteiger partial charge in [0.15, 0.2) is 0 Å². The smallest absolute Gasteiger partial charge is 0.302 e. The van der Waals surface area contributed by atoms with E-state index in [2.05, 4.69) is 51.0 Å². The van der Waals surface area contributed by atoms with Gasteiger partial charge < -0.3 is 14.0 Å². The lowest BCUT2D eigenvalue weighted by atomic mass is 10.0. The lowest BCUT2D eigenvalue weighted by Gasteiger charge is -2.12. The van der Waals surface area contributed by atoms with Crippen LogP contribution in [0.3, 0.4) is 0 Å². The molecule has 1 aliphatic rings. The van der Waals surface area contributed by atoms with E-state index in [9.17, 15) is 4.79 Å². The van der Waals surface area contributed by atoms with Crippen molar-refractivity contribution >= 4 is 38.4 Å². The Labute approximate surface area is 144 Å². The number of aromatic nitrogens is 1. The first-order valence-electron chi connectivity index (χ1n) is 7.84. The quantitative estimate of drug-likeness (QED) is 0.580. The third-order valence-corrected chi connectivity index (χ3v) is 4.50. The molecule has 0 unspecified atom stereocenters. The average Bonchev–Trinajstić information content (AvgIpc) is 2.90. The highest BCUT2D eigenvalue weighted by molar-refractivity contribution is 9.10. The van der Waals surface area contributed by atoms with Crippen molar-refractivity contribution < 1.29 is 14.3 Å². The predicted molar refractivity (Wildman–Crippen MR) is 94.3 cm³/mol. The zero-order chi connectivity index (χ0) is 16.2. The molecule has 0 bridgehead atoms. The van der Waals surface area contributed by atoms with Gasteiger partial charge in [-0.15, -0.1) is 0 Å². The van der Waals surface area contributed by atoms with Crippen LogP contribution in [0.1, 0.15) is 25.3 Å². The minimum Gasteiger partial charge on any atom is -0.466 e. The molecular weight excluding hydrogens is 358 g/mol. The third kappa shape index (κ3) is 3.85. The summed E-state index contributed by atoms with van der Waals surface area (Å²) in [5.41, 5.74) is 3.83. The van der Waals surface area contributed by atoms with Gasteiger partial charge in [-0.1, -0.05) is 28.1 Å². The number of carbonyl (C=O) groups excluding carboxylic acids is 1. The zero-order valence-electron chi connectivity index (χ0n) is 13.2. The third-order valence-electron chi connectivity index (χ3n) is 4.00. The van der Waals surface area contributed by atoms with Crippen molar-refractivity contribution in [1.82, 2.24) is 4.57 Å². The van der Waals surface area contributed by atoms with Gasteiger partial charge in [-0.25, -0.2) is 0 Å². The van der Waals surface area contributed by atoms with Crippen LogP contribution in [0.5, 0.6) is 0 Å². The van der Waals surface area contributed by atoms with Crippen LogP contribution in [0, 0.1) is 0 Å². The molecule has 0 spiro atoms. The van der Waals surface area contributed by atoms with Crippen LogP contribution in [0.2, 0.25) is 0 Å². The summed E-state index contributed by atoms with van der Waals surface area (Å²) in [4.78, 5) is 10.9. The lowest BCUT2D eigenvalue weighted by Crippen LogP contribution is -2.05. The first kappa shape index (κ1) is 16.3. The molecule has 23 heavy (non-hydrogen) atoms. The Morgan fingerprint density at radius 2 is 2.30 bits per heavy atom. The van der Waals surface area contributed by atoms with Gasteiger partial charge in [0.05, 0.1) is 19.8 Å². The van der Waals surface area contributed by atoms with Gasteiger partial charge >= 0.3 is 5.97 Å². The number of aryl methyl sites for hydroxylation is 1. The molecule has 3 rings (SSSR count). The maximum atomic E-state index is 10.9. The molecule has 2 aromatic rings. The Kier molecular flexibility index (Phi) is 5.18. The van der Waals surface area contributed by atoms with Gasteiger partial charge in [0, 0.05) is 40.6 Å². The van der Waals surface area contributed by atoms with E-state index in [0.29, 0.717) is 13.2 Å². The van der Waals surface area contributed by atoms with Crippen LogP contribution in [0.15, 0.2) is 34.9 Å². The fraction of sp³-hybridized carbons (Fsp3) is 0.389. The molecule has 0 fully saturated rings. The van der Waals surface area contributed by atoms with Crippen LogP contribution >= 0.6 is 15.9 Å². The standard InChI is InChI=1S/C18H20BrNO3/c1-13(21)23-8-2-7-20-12-17(14-5-9-22-10-6-14)16-4-3-15(19)11-18(16)20/h3-5,11-12H,2,6-10H2,1H3. The van der Waals surface area contributed by atoms with E-state index >= 15 is 0 Å². The molecular formula is C18H20BrNO3. The first-order valence-corrected chi connectivity index (χ1v) is 8.63. The molecule has 0 radical (unpaired) electrons. The van der Waals surface area contributed by atoms with Crippen molar-refractivity contribution in [2.24, 2.45) is 0 Å². The van der Waals surface area contributed by atoms with Crippen LogP contribution in [-0.2, 0) is 20.8 Å². The average molecular weight is 378 g/mol. The molecule has 2 heterocycles. The number of benzene rings is 1. The Morgan fingerprint density at radius 1 is 1.43 bits per heavy atom. The monoisotopic (exact) mass is 377 g/mol. The molecule has 1 aromatic heterocycles. The van der Waals surface area contributed by atoms with Crippen LogP contribution in [0.25, 0.3) is 16.5 Å². The highest BCUT2D eigenvalue weighted by Gasteiger charge is 2.14. The van der Waals surface area contributed by atoms with Gasteiger partial charge in [-0.05, 0) is 30.5 Å². The summed E-state index contributed by atoms with van der Waals surface area (Å²) in [6.45, 7) is 4.18. The summed E-state index contributed by atoms with van der Waals surface area (Å²) < 4.78 is 13.8. The summed E-state index contributed by atoms with van der Waals surface area (Å²) in [5, 5.41) is 1.26.